The molecule has 0 amide bonds. The van der Waals surface area contributed by atoms with Gasteiger partial charge in [-0.2, -0.15) is 0 Å². The van der Waals surface area contributed by atoms with Crippen LogP contribution in [0.3, 0.4) is 0 Å². The number of hydrogen-bond donors (Lipinski definition) is 5. The van der Waals surface area contributed by atoms with Gasteiger partial charge in [-0.25, -0.2) is 0 Å². The lowest BCUT2D eigenvalue weighted by Gasteiger charge is -2.45. The fourth-order valence-corrected chi connectivity index (χ4v) is 14.8. The third-order valence-electron chi connectivity index (χ3n) is 18.8. The molecule has 8 aromatic carbocycles. The normalized spacial score (nSPS) is 23.6. The maximum absolute atomic E-state index is 13.2. The minimum atomic E-state index is -1.49. The van der Waals surface area contributed by atoms with Gasteiger partial charge in [-0.3, -0.25) is 0 Å². The molecule has 0 saturated heterocycles. The van der Waals surface area contributed by atoms with Gasteiger partial charge in [0.25, 0.3) is 0 Å². The van der Waals surface area contributed by atoms with Gasteiger partial charge in [-0.1, -0.05) is 93.6 Å². The summed E-state index contributed by atoms with van der Waals surface area (Å²) in [7, 11) is 8.93. The number of aliphatic hydroxyl groups excluding tert-OH is 1. The van der Waals surface area contributed by atoms with Gasteiger partial charge >= 0.3 is 0 Å². The lowest BCUT2D eigenvalue weighted by molar-refractivity contribution is 0.00577. The van der Waals surface area contributed by atoms with E-state index in [2.05, 4.69) is 154 Å². The molecule has 13 nitrogen and oxygen atoms in total. The molecule has 446 valence electrons. The summed E-state index contributed by atoms with van der Waals surface area (Å²) in [5.74, 6) is -0.882. The maximum atomic E-state index is 13.2. The second-order valence-corrected chi connectivity index (χ2v) is 24.9. The third-order valence-corrected chi connectivity index (χ3v) is 19.9. The molecule has 0 aromatic heterocycles. The van der Waals surface area contributed by atoms with E-state index in [1.807, 2.05) is 6.92 Å². The molecule has 0 saturated carbocycles. The summed E-state index contributed by atoms with van der Waals surface area (Å²) in [6.07, 6.45) is -3.39. The minimum absolute atomic E-state index is 0.0777. The van der Waals surface area contributed by atoms with E-state index in [4.69, 9.17) is 37.0 Å². The number of phenols is 4. The zero-order valence-electron chi connectivity index (χ0n) is 49.3. The summed E-state index contributed by atoms with van der Waals surface area (Å²) in [6.45, 7) is 19.4. The summed E-state index contributed by atoms with van der Waals surface area (Å²) >= 11 is 0. The van der Waals surface area contributed by atoms with E-state index in [0.29, 0.717) is 45.3 Å². The molecule has 0 spiro atoms. The number of hydrogen-bond acceptors (Lipinski definition) is 13. The van der Waals surface area contributed by atoms with Gasteiger partial charge in [-0.15, -0.1) is 0 Å². The summed E-state index contributed by atoms with van der Waals surface area (Å²) in [4.78, 5) is 0. The molecule has 4 aliphatic heterocycles. The van der Waals surface area contributed by atoms with Crippen LogP contribution in [0.5, 0.6) is 69.0 Å². The molecule has 15 unspecified atom stereocenters. The van der Waals surface area contributed by atoms with Crippen molar-refractivity contribution >= 4 is 37.9 Å². The standard InChI is InChI=1S/C69H72O13P4/c1-30-10-14-39(22-34(30)5)63-36(7)24-46-32(3)12-18-44(67(46)76-63)56-37(8)64(40-15-11-31(2)35(6)23-40)77-68-45(19-13-33(4)55(56)68)57-38(9)65(41-16-20-47(70)48(71)25-41)78-69-58(57)49(72)29-50(73)59(69)61-60-53(27-43(79-83)28-54(60)82-86)75-66(62(61)74)42-17-21-51(80-84)52(26-42)81-85/h10-23,25-29,36-38,56-57,61-66,70-74H,24,83-86H2,1-9H3. The Balaban J connectivity index is 1.11. The van der Waals surface area contributed by atoms with Crippen molar-refractivity contribution in [1.29, 1.82) is 0 Å². The van der Waals surface area contributed by atoms with E-state index in [-0.39, 0.29) is 69.7 Å². The zero-order chi connectivity index (χ0) is 60.9. The van der Waals surface area contributed by atoms with Gasteiger partial charge in [0, 0.05) is 81.2 Å². The van der Waals surface area contributed by atoms with Crippen molar-refractivity contribution in [3.05, 3.63) is 210 Å². The quantitative estimate of drug-likeness (QED) is 0.0612. The Kier molecular flexibility index (Phi) is 16.1. The molecule has 86 heavy (non-hydrogen) atoms. The minimum Gasteiger partial charge on any atom is -0.507 e. The van der Waals surface area contributed by atoms with Crippen LogP contribution in [0.4, 0.5) is 0 Å². The number of phenolic OH excluding ortho intramolecular Hbond substituents is 4. The molecule has 0 aliphatic carbocycles. The monoisotopic (exact) mass is 1230 g/mol. The van der Waals surface area contributed by atoms with Crippen molar-refractivity contribution in [2.45, 2.75) is 117 Å². The smallest absolute Gasteiger partial charge is 0.165 e. The predicted molar refractivity (Wildman–Crippen MR) is 344 cm³/mol. The van der Waals surface area contributed by atoms with E-state index in [1.165, 1.54) is 40.5 Å². The summed E-state index contributed by atoms with van der Waals surface area (Å²) < 4.78 is 52.1. The van der Waals surface area contributed by atoms with Crippen molar-refractivity contribution < 1.29 is 62.6 Å². The number of aryl methyl sites for hydroxylation is 6. The molecule has 5 N–H and O–H groups in total. The average molecular weight is 1230 g/mol. The summed E-state index contributed by atoms with van der Waals surface area (Å²) in [5.41, 5.74) is 14.8. The van der Waals surface area contributed by atoms with Gasteiger partial charge in [0.05, 0.1) is 43.8 Å². The molecule has 0 radical (unpaired) electrons. The highest BCUT2D eigenvalue weighted by atomic mass is 31.0. The Morgan fingerprint density at radius 3 is 1.53 bits per heavy atom. The second-order valence-electron chi connectivity index (χ2n) is 24.0. The van der Waals surface area contributed by atoms with Crippen LogP contribution >= 0.6 is 37.9 Å². The molecule has 4 aliphatic rings. The van der Waals surface area contributed by atoms with Crippen molar-refractivity contribution in [3.8, 4) is 69.0 Å². The van der Waals surface area contributed by atoms with Crippen LogP contribution in [0, 0.1) is 59.3 Å². The second kappa shape index (κ2) is 23.3. The third kappa shape index (κ3) is 10.0. The SMILES string of the molecule is Cc1ccc(C2Oc3c(C4c5c(C)ccc(C6c7c(O)cc(O)c(C8c9c(OP)cc(OP)cc9OC(c9ccc(OP)c(OP)c9)C8O)c7OC(c7ccc(O)c(O)c7)C6C)c5OC(c5ccc(C)c(C)c5)C4C)ccc(C)c3CC2C)cc1C. The van der Waals surface area contributed by atoms with Crippen LogP contribution in [0.15, 0.2) is 115 Å². The molecule has 12 rings (SSSR count). The maximum Gasteiger partial charge on any atom is 0.165 e. The van der Waals surface area contributed by atoms with Gasteiger partial charge in [0.2, 0.25) is 0 Å². The largest absolute Gasteiger partial charge is 0.507 e. The number of ether oxygens (including phenoxy) is 4. The van der Waals surface area contributed by atoms with Gasteiger partial charge in [0.15, 0.2) is 29.1 Å². The fraction of sp³-hybridized carbons (Fsp3) is 0.304. The lowest BCUT2D eigenvalue weighted by atomic mass is 9.68. The molecule has 0 bridgehead atoms. The molecular weight excluding hydrogens is 1160 g/mol. The Morgan fingerprint density at radius 2 is 0.919 bits per heavy atom. The molecule has 0 fully saturated rings. The Hall–Kier alpha value is -6.96. The predicted octanol–water partition coefficient (Wildman–Crippen LogP) is 15.8. The average Bonchev–Trinajstić information content (AvgIpc) is 0.821. The number of rotatable bonds is 11. The first-order chi connectivity index (χ1) is 41.2. The van der Waals surface area contributed by atoms with E-state index in [0.717, 1.165) is 56.7 Å². The van der Waals surface area contributed by atoms with Crippen LogP contribution in [-0.2, 0) is 6.42 Å². The highest BCUT2D eigenvalue weighted by molar-refractivity contribution is 7.11. The van der Waals surface area contributed by atoms with E-state index < -0.39 is 42.2 Å². The fourth-order valence-electron chi connectivity index (χ4n) is 14.1. The topological polar surface area (TPSA) is 175 Å². The first kappa shape index (κ1) is 59.4. The molecule has 8 aromatic rings. The number of aromatic hydroxyl groups is 4. The van der Waals surface area contributed by atoms with Crippen LogP contribution in [0.2, 0.25) is 0 Å². The van der Waals surface area contributed by atoms with E-state index in [9.17, 15) is 25.5 Å². The first-order valence-corrected chi connectivity index (χ1v) is 30.8. The summed E-state index contributed by atoms with van der Waals surface area (Å²) in [5, 5.41) is 60.8. The van der Waals surface area contributed by atoms with Crippen molar-refractivity contribution in [2.75, 3.05) is 0 Å². The number of fused-ring (bicyclic) bond motifs is 4. The van der Waals surface area contributed by atoms with E-state index in [1.54, 1.807) is 36.4 Å². The zero-order valence-corrected chi connectivity index (χ0v) is 54.0. The van der Waals surface area contributed by atoms with Crippen molar-refractivity contribution in [1.82, 2.24) is 0 Å². The van der Waals surface area contributed by atoms with Crippen LogP contribution in [0.1, 0.15) is 158 Å². The van der Waals surface area contributed by atoms with Crippen LogP contribution in [0.25, 0.3) is 0 Å². The van der Waals surface area contributed by atoms with Crippen LogP contribution in [-0.4, -0.2) is 31.6 Å². The highest BCUT2D eigenvalue weighted by Gasteiger charge is 2.51. The Bertz CT molecular complexity index is 4000. The Labute approximate surface area is 511 Å². The van der Waals surface area contributed by atoms with Gasteiger partial charge in [-0.05, 0) is 133 Å². The molecule has 15 atom stereocenters. The Morgan fingerprint density at radius 1 is 0.395 bits per heavy atom. The van der Waals surface area contributed by atoms with Crippen molar-refractivity contribution in [3.63, 3.8) is 0 Å². The summed E-state index contributed by atoms with van der Waals surface area (Å²) in [6, 6.07) is 36.2. The lowest BCUT2D eigenvalue weighted by Crippen LogP contribution is -2.37. The van der Waals surface area contributed by atoms with Crippen LogP contribution < -0.4 is 37.0 Å². The van der Waals surface area contributed by atoms with E-state index >= 15 is 0 Å². The van der Waals surface area contributed by atoms with Gasteiger partial charge in [0.1, 0.15) is 70.4 Å². The molecule has 17 heteroatoms. The highest BCUT2D eigenvalue weighted by Crippen LogP contribution is 2.64. The van der Waals surface area contributed by atoms with Gasteiger partial charge < -0.3 is 62.6 Å². The molecular formula is C69H72O13P4. The number of benzene rings is 8. The molecule has 4 heterocycles. The number of aliphatic hydroxyl groups is 1. The van der Waals surface area contributed by atoms with Crippen molar-refractivity contribution in [2.24, 2.45) is 17.8 Å². The first-order valence-electron chi connectivity index (χ1n) is 28.9.